The summed E-state index contributed by atoms with van der Waals surface area (Å²) in [7, 11) is 0. The number of rotatable bonds is 6. The molecule has 2 aliphatic rings. The van der Waals surface area contributed by atoms with E-state index in [0.717, 1.165) is 24.3 Å². The number of amides is 1. The molecule has 1 aromatic carbocycles. The quantitative estimate of drug-likeness (QED) is 0.751. The minimum absolute atomic E-state index is 0.0780. The van der Waals surface area contributed by atoms with Crippen molar-refractivity contribution in [3.8, 4) is 0 Å². The first-order chi connectivity index (χ1) is 11.6. The molecule has 2 unspecified atom stereocenters. The zero-order valence-electron chi connectivity index (χ0n) is 14.1. The first-order valence-electron chi connectivity index (χ1n) is 9.04. The smallest absolute Gasteiger partial charge is 0.251 e. The van der Waals surface area contributed by atoms with Gasteiger partial charge in [0.05, 0.1) is 12.6 Å². The van der Waals surface area contributed by atoms with E-state index in [4.69, 9.17) is 5.41 Å². The third-order valence-electron chi connectivity index (χ3n) is 5.27. The second-order valence-electron chi connectivity index (χ2n) is 7.00. The zero-order valence-corrected chi connectivity index (χ0v) is 14.1. The highest BCUT2D eigenvalue weighted by atomic mass is 16.3. The monoisotopic (exact) mass is 329 g/mol. The van der Waals surface area contributed by atoms with Crippen molar-refractivity contribution in [1.82, 2.24) is 10.2 Å². The fourth-order valence-electron chi connectivity index (χ4n) is 3.81. The van der Waals surface area contributed by atoms with Gasteiger partial charge in [-0.25, -0.2) is 0 Å². The normalized spacial score (nSPS) is 23.4. The molecule has 24 heavy (non-hydrogen) atoms. The summed E-state index contributed by atoms with van der Waals surface area (Å²) in [6.07, 6.45) is 7.56. The lowest BCUT2D eigenvalue weighted by Crippen LogP contribution is -2.35. The van der Waals surface area contributed by atoms with Crippen molar-refractivity contribution in [2.24, 2.45) is 5.92 Å². The van der Waals surface area contributed by atoms with Gasteiger partial charge in [-0.15, -0.1) is 0 Å². The van der Waals surface area contributed by atoms with Crippen LogP contribution in [0.25, 0.3) is 0 Å². The van der Waals surface area contributed by atoms with Gasteiger partial charge in [0.15, 0.2) is 5.96 Å². The largest absolute Gasteiger partial charge is 0.387 e. The highest BCUT2D eigenvalue weighted by Gasteiger charge is 2.36. The van der Waals surface area contributed by atoms with E-state index in [0.29, 0.717) is 0 Å². The Kier molecular flexibility index (Phi) is 5.51. The summed E-state index contributed by atoms with van der Waals surface area (Å²) >= 11 is 0. The van der Waals surface area contributed by atoms with E-state index in [1.54, 1.807) is 0 Å². The standard InChI is InChI=1S/C19H27N3O2/c20-19-21-16(12-11-14-7-3-1-4-8-14)18(24)22(19)13-17(23)15-9-5-2-6-10-15/h2,5-6,9-10,14,16-17,23H,1,3-4,7-8,11-13H2,(H2,20,21). The number of hydrogen-bond acceptors (Lipinski definition) is 3. The van der Waals surface area contributed by atoms with Crippen molar-refractivity contribution in [2.75, 3.05) is 6.54 Å². The number of aliphatic hydroxyl groups excluding tert-OH is 1. The summed E-state index contributed by atoms with van der Waals surface area (Å²) in [5, 5.41) is 21.3. The second-order valence-corrected chi connectivity index (χ2v) is 7.00. The van der Waals surface area contributed by atoms with E-state index in [1.807, 2.05) is 30.3 Å². The lowest BCUT2D eigenvalue weighted by molar-refractivity contribution is -0.128. The first kappa shape index (κ1) is 17.0. The molecule has 0 bridgehead atoms. The molecule has 0 spiro atoms. The summed E-state index contributed by atoms with van der Waals surface area (Å²) in [5.74, 6) is 0.765. The molecule has 3 N–H and O–H groups in total. The van der Waals surface area contributed by atoms with Crippen LogP contribution in [-0.2, 0) is 4.79 Å². The van der Waals surface area contributed by atoms with Crippen molar-refractivity contribution < 1.29 is 9.90 Å². The number of nitrogens with one attached hydrogen (secondary N) is 2. The Bertz CT molecular complexity index is 569. The van der Waals surface area contributed by atoms with Crippen LogP contribution in [0.4, 0.5) is 0 Å². The van der Waals surface area contributed by atoms with Gasteiger partial charge < -0.3 is 10.4 Å². The minimum atomic E-state index is -0.769. The number of benzene rings is 1. The maximum atomic E-state index is 12.6. The molecule has 2 fully saturated rings. The molecule has 0 radical (unpaired) electrons. The lowest BCUT2D eigenvalue weighted by atomic mass is 9.85. The zero-order chi connectivity index (χ0) is 16.9. The van der Waals surface area contributed by atoms with Gasteiger partial charge in [0.2, 0.25) is 0 Å². The predicted molar refractivity (Wildman–Crippen MR) is 93.6 cm³/mol. The molecule has 0 aromatic heterocycles. The maximum Gasteiger partial charge on any atom is 0.251 e. The highest BCUT2D eigenvalue weighted by Crippen LogP contribution is 2.28. The third kappa shape index (κ3) is 3.96. The Morgan fingerprint density at radius 1 is 1.17 bits per heavy atom. The lowest BCUT2D eigenvalue weighted by Gasteiger charge is -2.22. The summed E-state index contributed by atoms with van der Waals surface area (Å²) in [6.45, 7) is 0.134. The van der Waals surface area contributed by atoms with Crippen LogP contribution in [0.1, 0.15) is 56.6 Å². The number of aliphatic hydroxyl groups is 1. The van der Waals surface area contributed by atoms with E-state index in [-0.39, 0.29) is 24.5 Å². The molecule has 5 heteroatoms. The van der Waals surface area contributed by atoms with Gasteiger partial charge in [-0.2, -0.15) is 0 Å². The molecular formula is C19H27N3O2. The van der Waals surface area contributed by atoms with Crippen molar-refractivity contribution in [3.05, 3.63) is 35.9 Å². The van der Waals surface area contributed by atoms with Crippen LogP contribution in [0.5, 0.6) is 0 Å². The van der Waals surface area contributed by atoms with Crippen LogP contribution in [0.15, 0.2) is 30.3 Å². The van der Waals surface area contributed by atoms with E-state index < -0.39 is 6.10 Å². The SMILES string of the molecule is N=C1NC(CCC2CCCCC2)C(=O)N1CC(O)c1ccccc1. The van der Waals surface area contributed by atoms with E-state index >= 15 is 0 Å². The average Bonchev–Trinajstić information content (AvgIpc) is 2.89. The van der Waals surface area contributed by atoms with Gasteiger partial charge in [-0.05, 0) is 24.3 Å². The highest BCUT2D eigenvalue weighted by molar-refractivity contribution is 6.05. The number of nitrogens with zero attached hydrogens (tertiary/aromatic N) is 1. The van der Waals surface area contributed by atoms with Crippen LogP contribution in [0, 0.1) is 11.3 Å². The Morgan fingerprint density at radius 2 is 1.88 bits per heavy atom. The van der Waals surface area contributed by atoms with Gasteiger partial charge in [0.25, 0.3) is 5.91 Å². The summed E-state index contributed by atoms with van der Waals surface area (Å²) in [6, 6.07) is 8.98. The molecule has 3 rings (SSSR count). The van der Waals surface area contributed by atoms with E-state index in [1.165, 1.54) is 37.0 Å². The fourth-order valence-corrected chi connectivity index (χ4v) is 3.81. The van der Waals surface area contributed by atoms with Gasteiger partial charge in [-0.1, -0.05) is 62.4 Å². The molecule has 130 valence electrons. The van der Waals surface area contributed by atoms with Crippen LogP contribution in [0.3, 0.4) is 0 Å². The van der Waals surface area contributed by atoms with E-state index in [9.17, 15) is 9.90 Å². The summed E-state index contributed by atoms with van der Waals surface area (Å²) < 4.78 is 0. The van der Waals surface area contributed by atoms with Crippen LogP contribution in [0.2, 0.25) is 0 Å². The molecule has 1 saturated carbocycles. The van der Waals surface area contributed by atoms with Crippen LogP contribution >= 0.6 is 0 Å². The minimum Gasteiger partial charge on any atom is -0.387 e. The molecule has 1 amide bonds. The number of guanidine groups is 1. The molecule has 1 aromatic rings. The molecule has 2 atom stereocenters. The molecular weight excluding hydrogens is 302 g/mol. The Labute approximate surface area is 143 Å². The van der Waals surface area contributed by atoms with Gasteiger partial charge in [-0.3, -0.25) is 15.1 Å². The summed E-state index contributed by atoms with van der Waals surface area (Å²) in [5.41, 5.74) is 0.767. The Balaban J connectivity index is 1.53. The van der Waals surface area contributed by atoms with Crippen molar-refractivity contribution in [3.63, 3.8) is 0 Å². The predicted octanol–water partition coefficient (Wildman–Crippen LogP) is 2.82. The molecule has 5 nitrogen and oxygen atoms in total. The fraction of sp³-hybridized carbons (Fsp3) is 0.579. The second kappa shape index (κ2) is 7.79. The molecule has 1 aliphatic heterocycles. The maximum absolute atomic E-state index is 12.6. The van der Waals surface area contributed by atoms with Gasteiger partial charge in [0.1, 0.15) is 6.04 Å². The topological polar surface area (TPSA) is 76.4 Å². The third-order valence-corrected chi connectivity index (χ3v) is 5.27. The molecule has 1 aliphatic carbocycles. The van der Waals surface area contributed by atoms with Gasteiger partial charge in [0, 0.05) is 0 Å². The van der Waals surface area contributed by atoms with Crippen LogP contribution < -0.4 is 5.32 Å². The number of hydrogen-bond donors (Lipinski definition) is 3. The number of carbonyl (C=O) groups is 1. The van der Waals surface area contributed by atoms with Crippen molar-refractivity contribution in [1.29, 1.82) is 5.41 Å². The van der Waals surface area contributed by atoms with Crippen LogP contribution in [-0.4, -0.2) is 34.5 Å². The van der Waals surface area contributed by atoms with E-state index in [2.05, 4.69) is 5.32 Å². The summed E-state index contributed by atoms with van der Waals surface area (Å²) in [4.78, 5) is 13.9. The average molecular weight is 329 g/mol. The van der Waals surface area contributed by atoms with Crippen molar-refractivity contribution >= 4 is 11.9 Å². The molecule has 1 heterocycles. The van der Waals surface area contributed by atoms with Crippen molar-refractivity contribution in [2.45, 2.75) is 57.1 Å². The number of β-amino-alcohol motifs (C(OH)–C–C–N with tert-alkyl or cyclic N) is 1. The Hall–Kier alpha value is -1.88. The first-order valence-corrected chi connectivity index (χ1v) is 9.04. The number of carbonyl (C=O) groups excluding carboxylic acids is 1. The van der Waals surface area contributed by atoms with Gasteiger partial charge >= 0.3 is 0 Å². The Morgan fingerprint density at radius 3 is 2.58 bits per heavy atom. The molecule has 1 saturated heterocycles.